The van der Waals surface area contributed by atoms with E-state index in [1.807, 2.05) is 19.9 Å². The monoisotopic (exact) mass is 363 g/mol. The molecule has 0 radical (unpaired) electrons. The number of hydrogen-bond acceptors (Lipinski definition) is 4. The number of nitrogens with one attached hydrogen (secondary N) is 1. The van der Waals surface area contributed by atoms with E-state index in [-0.39, 0.29) is 11.4 Å². The van der Waals surface area contributed by atoms with Crippen molar-refractivity contribution >= 4 is 10.0 Å². The molecule has 0 saturated heterocycles. The van der Waals surface area contributed by atoms with E-state index in [1.54, 1.807) is 50.2 Å². The lowest BCUT2D eigenvalue weighted by Gasteiger charge is -2.24. The van der Waals surface area contributed by atoms with Crippen LogP contribution in [-0.4, -0.2) is 26.7 Å². The maximum absolute atomic E-state index is 12.7. The van der Waals surface area contributed by atoms with Crippen LogP contribution in [0.1, 0.15) is 30.5 Å². The smallest absolute Gasteiger partial charge is 0.240 e. The zero-order valence-electron chi connectivity index (χ0n) is 15.0. The van der Waals surface area contributed by atoms with Crippen molar-refractivity contribution in [3.05, 3.63) is 59.2 Å². The highest BCUT2D eigenvalue weighted by Crippen LogP contribution is 2.26. The molecule has 0 bridgehead atoms. The van der Waals surface area contributed by atoms with Gasteiger partial charge in [-0.3, -0.25) is 0 Å². The molecule has 0 heterocycles. The number of sulfonamides is 1. The summed E-state index contributed by atoms with van der Waals surface area (Å²) in [5, 5.41) is 10.6. The van der Waals surface area contributed by atoms with Gasteiger partial charge in [0.1, 0.15) is 11.4 Å². The van der Waals surface area contributed by atoms with Crippen LogP contribution >= 0.6 is 0 Å². The molecular formula is C19H25NO4S. The Morgan fingerprint density at radius 2 is 1.76 bits per heavy atom. The van der Waals surface area contributed by atoms with Gasteiger partial charge in [-0.2, -0.15) is 0 Å². The summed E-state index contributed by atoms with van der Waals surface area (Å²) in [6.45, 7) is 7.40. The van der Waals surface area contributed by atoms with E-state index < -0.39 is 15.6 Å². The van der Waals surface area contributed by atoms with Crippen molar-refractivity contribution in [1.29, 1.82) is 0 Å². The van der Waals surface area contributed by atoms with Gasteiger partial charge in [0.05, 0.1) is 11.5 Å². The molecule has 2 aromatic rings. The normalized spacial score (nSPS) is 14.1. The maximum atomic E-state index is 12.7. The van der Waals surface area contributed by atoms with Gasteiger partial charge in [-0.25, -0.2) is 13.1 Å². The molecule has 1 unspecified atom stereocenters. The fourth-order valence-corrected chi connectivity index (χ4v) is 4.02. The fraction of sp³-hybridized carbons (Fsp3) is 0.368. The van der Waals surface area contributed by atoms with Crippen LogP contribution in [0.4, 0.5) is 0 Å². The predicted octanol–water partition coefficient (Wildman–Crippen LogP) is 2.89. The third-order valence-electron chi connectivity index (χ3n) is 4.06. The van der Waals surface area contributed by atoms with Crippen LogP contribution in [0.5, 0.6) is 5.75 Å². The molecule has 0 saturated carbocycles. The Labute approximate surface area is 149 Å². The van der Waals surface area contributed by atoms with Gasteiger partial charge >= 0.3 is 0 Å². The van der Waals surface area contributed by atoms with E-state index in [4.69, 9.17) is 4.74 Å². The lowest BCUT2D eigenvalue weighted by atomic mass is 9.97. The first kappa shape index (κ1) is 19.4. The van der Waals surface area contributed by atoms with Gasteiger partial charge in [-0.05, 0) is 56.5 Å². The highest BCUT2D eigenvalue weighted by molar-refractivity contribution is 7.89. The predicted molar refractivity (Wildman–Crippen MR) is 98.3 cm³/mol. The molecule has 2 N–H and O–H groups in total. The summed E-state index contributed by atoms with van der Waals surface area (Å²) in [5.74, 6) is 0.676. The quantitative estimate of drug-likeness (QED) is 0.793. The van der Waals surface area contributed by atoms with Gasteiger partial charge in [0.15, 0.2) is 0 Å². The summed E-state index contributed by atoms with van der Waals surface area (Å²) < 4.78 is 33.4. The van der Waals surface area contributed by atoms with Crippen molar-refractivity contribution in [3.63, 3.8) is 0 Å². The summed E-state index contributed by atoms with van der Waals surface area (Å²) >= 11 is 0. The SMILES string of the molecule is CCOc1cc(C)c(S(=O)(=O)NCC(C)(O)c2ccccc2)cc1C. The second-order valence-electron chi connectivity index (χ2n) is 6.28. The largest absolute Gasteiger partial charge is 0.494 e. The lowest BCUT2D eigenvalue weighted by molar-refractivity contribution is 0.0627. The average Bonchev–Trinajstić information content (AvgIpc) is 2.57. The molecular weight excluding hydrogens is 338 g/mol. The van der Waals surface area contributed by atoms with E-state index >= 15 is 0 Å². The van der Waals surface area contributed by atoms with E-state index in [2.05, 4.69) is 4.72 Å². The Hall–Kier alpha value is -1.89. The molecule has 2 aromatic carbocycles. The molecule has 0 aliphatic carbocycles. The first-order valence-corrected chi connectivity index (χ1v) is 9.67. The third kappa shape index (κ3) is 4.60. The molecule has 25 heavy (non-hydrogen) atoms. The van der Waals surface area contributed by atoms with Crippen LogP contribution in [0, 0.1) is 13.8 Å². The minimum absolute atomic E-state index is 0.120. The Kier molecular flexibility index (Phi) is 5.87. The summed E-state index contributed by atoms with van der Waals surface area (Å²) in [4.78, 5) is 0.192. The summed E-state index contributed by atoms with van der Waals surface area (Å²) in [5.41, 5.74) is 0.698. The third-order valence-corrected chi connectivity index (χ3v) is 5.61. The van der Waals surface area contributed by atoms with Crippen LogP contribution < -0.4 is 9.46 Å². The Morgan fingerprint density at radius 1 is 1.12 bits per heavy atom. The number of benzene rings is 2. The van der Waals surface area contributed by atoms with Gasteiger partial charge in [0.2, 0.25) is 10.0 Å². The summed E-state index contributed by atoms with van der Waals surface area (Å²) in [6.07, 6.45) is 0. The van der Waals surface area contributed by atoms with E-state index in [1.165, 1.54) is 0 Å². The molecule has 2 rings (SSSR count). The molecule has 0 fully saturated rings. The van der Waals surface area contributed by atoms with Crippen LogP contribution in [0.3, 0.4) is 0 Å². The Bertz CT molecular complexity index is 830. The molecule has 6 heteroatoms. The van der Waals surface area contributed by atoms with Crippen molar-refractivity contribution in [3.8, 4) is 5.75 Å². The molecule has 0 amide bonds. The highest BCUT2D eigenvalue weighted by Gasteiger charge is 2.27. The zero-order valence-corrected chi connectivity index (χ0v) is 15.9. The average molecular weight is 363 g/mol. The van der Waals surface area contributed by atoms with Crippen LogP contribution in [-0.2, 0) is 15.6 Å². The first-order valence-electron chi connectivity index (χ1n) is 8.19. The number of rotatable bonds is 7. The van der Waals surface area contributed by atoms with Crippen LogP contribution in [0.25, 0.3) is 0 Å². The van der Waals surface area contributed by atoms with Gasteiger partial charge < -0.3 is 9.84 Å². The molecule has 0 aromatic heterocycles. The van der Waals surface area contributed by atoms with Gasteiger partial charge in [-0.1, -0.05) is 30.3 Å². The van der Waals surface area contributed by atoms with E-state index in [0.717, 1.165) is 5.56 Å². The van der Waals surface area contributed by atoms with Gasteiger partial charge in [0, 0.05) is 6.54 Å². The lowest BCUT2D eigenvalue weighted by Crippen LogP contribution is -2.38. The van der Waals surface area contributed by atoms with Crippen molar-refractivity contribution in [2.75, 3.05) is 13.2 Å². The van der Waals surface area contributed by atoms with E-state index in [9.17, 15) is 13.5 Å². The minimum atomic E-state index is -3.75. The summed E-state index contributed by atoms with van der Waals surface area (Å²) in [6, 6.07) is 12.3. The highest BCUT2D eigenvalue weighted by atomic mass is 32.2. The van der Waals surface area contributed by atoms with Gasteiger partial charge in [-0.15, -0.1) is 0 Å². The van der Waals surface area contributed by atoms with Crippen molar-refractivity contribution in [2.24, 2.45) is 0 Å². The zero-order chi connectivity index (χ0) is 18.7. The standard InChI is InChI=1S/C19H25NO4S/c1-5-24-17-11-15(3)18(12-14(17)2)25(22,23)20-13-19(4,21)16-9-7-6-8-10-16/h6-12,20-21H,5,13H2,1-4H3. The molecule has 0 aliphatic rings. The molecule has 0 spiro atoms. The molecule has 5 nitrogen and oxygen atoms in total. The second kappa shape index (κ2) is 7.56. The Morgan fingerprint density at radius 3 is 2.36 bits per heavy atom. The van der Waals surface area contributed by atoms with Gasteiger partial charge in [0.25, 0.3) is 0 Å². The number of hydrogen-bond donors (Lipinski definition) is 2. The topological polar surface area (TPSA) is 75.6 Å². The molecule has 1 atom stereocenters. The summed E-state index contributed by atoms with van der Waals surface area (Å²) in [7, 11) is -3.75. The van der Waals surface area contributed by atoms with Crippen LogP contribution in [0.2, 0.25) is 0 Å². The first-order chi connectivity index (χ1) is 11.7. The number of aryl methyl sites for hydroxylation is 2. The maximum Gasteiger partial charge on any atom is 0.240 e. The molecule has 0 aliphatic heterocycles. The van der Waals surface area contributed by atoms with Crippen molar-refractivity contribution in [1.82, 2.24) is 4.72 Å². The number of ether oxygens (including phenoxy) is 1. The van der Waals surface area contributed by atoms with Crippen LogP contribution in [0.15, 0.2) is 47.4 Å². The Balaban J connectivity index is 2.24. The van der Waals surface area contributed by atoms with Crippen molar-refractivity contribution in [2.45, 2.75) is 38.2 Å². The second-order valence-corrected chi connectivity index (χ2v) is 8.02. The number of aliphatic hydroxyl groups is 1. The van der Waals surface area contributed by atoms with E-state index in [0.29, 0.717) is 23.5 Å². The minimum Gasteiger partial charge on any atom is -0.494 e. The molecule has 136 valence electrons. The fourth-order valence-electron chi connectivity index (χ4n) is 2.58. The van der Waals surface area contributed by atoms with Crippen molar-refractivity contribution < 1.29 is 18.3 Å².